The largest absolute Gasteiger partial charge is 0.425 e. The molecular weight excluding hydrogens is 490 g/mol. The van der Waals surface area contributed by atoms with Crippen molar-refractivity contribution < 1.29 is 22.4 Å². The lowest BCUT2D eigenvalue weighted by molar-refractivity contribution is -0.136. The van der Waals surface area contributed by atoms with Crippen molar-refractivity contribution in [1.82, 2.24) is 4.72 Å². The molecule has 37 heavy (non-hydrogen) atoms. The van der Waals surface area contributed by atoms with Crippen LogP contribution in [-0.4, -0.2) is 20.4 Å². The molecular formula is C29H29NO6S. The van der Waals surface area contributed by atoms with Gasteiger partial charge in [0.2, 0.25) is 10.0 Å². The van der Waals surface area contributed by atoms with Gasteiger partial charge in [0.15, 0.2) is 0 Å². The van der Waals surface area contributed by atoms with Crippen LogP contribution in [0, 0.1) is 19.8 Å². The van der Waals surface area contributed by atoms with E-state index in [1.807, 2.05) is 51.1 Å². The van der Waals surface area contributed by atoms with E-state index in [9.17, 15) is 18.0 Å². The lowest BCUT2D eigenvalue weighted by atomic mass is 10.00. The molecule has 1 atom stereocenters. The molecule has 0 fully saturated rings. The van der Waals surface area contributed by atoms with Crippen LogP contribution in [-0.2, 0) is 14.8 Å². The first-order valence-electron chi connectivity index (χ1n) is 12.0. The minimum atomic E-state index is -3.96. The van der Waals surface area contributed by atoms with Crippen LogP contribution < -0.4 is 15.1 Å². The summed E-state index contributed by atoms with van der Waals surface area (Å²) in [6, 6.07) is 19.5. The van der Waals surface area contributed by atoms with Gasteiger partial charge in [-0.05, 0) is 61.6 Å². The van der Waals surface area contributed by atoms with Crippen molar-refractivity contribution in [3.63, 3.8) is 0 Å². The second-order valence-corrected chi connectivity index (χ2v) is 11.2. The van der Waals surface area contributed by atoms with Gasteiger partial charge in [-0.2, -0.15) is 4.72 Å². The van der Waals surface area contributed by atoms with E-state index >= 15 is 0 Å². The predicted molar refractivity (Wildman–Crippen MR) is 143 cm³/mol. The second kappa shape index (κ2) is 10.7. The average Bonchev–Trinajstić information content (AvgIpc) is 2.85. The molecule has 4 rings (SSSR count). The Morgan fingerprint density at radius 3 is 2.30 bits per heavy atom. The fourth-order valence-corrected chi connectivity index (χ4v) is 5.32. The van der Waals surface area contributed by atoms with E-state index in [0.717, 1.165) is 11.1 Å². The number of hydrogen-bond donors (Lipinski definition) is 1. The van der Waals surface area contributed by atoms with Gasteiger partial charge in [-0.1, -0.05) is 61.9 Å². The second-order valence-electron chi connectivity index (χ2n) is 9.45. The van der Waals surface area contributed by atoms with E-state index in [1.165, 1.54) is 18.2 Å². The minimum absolute atomic E-state index is 0.0161. The summed E-state index contributed by atoms with van der Waals surface area (Å²) >= 11 is 0. The molecule has 192 valence electrons. The number of carbonyl (C=O) groups excluding carboxylic acids is 1. The van der Waals surface area contributed by atoms with Crippen LogP contribution in [0.2, 0.25) is 0 Å². The summed E-state index contributed by atoms with van der Waals surface area (Å²) in [6.07, 6.45) is 0.240. The van der Waals surface area contributed by atoms with Crippen molar-refractivity contribution in [1.29, 1.82) is 0 Å². The number of rotatable bonds is 8. The Hall–Kier alpha value is -3.75. The average molecular weight is 520 g/mol. The number of fused-ring (bicyclic) bond motifs is 1. The standard InChI is InChI=1S/C29H29NO6S/c1-18(2)16-25(30-37(33,34)22-12-10-19(3)11-13-22)29(32)35-26-15-14-23-24(21-8-6-5-7-9-21)17-27(31)36-28(23)20(26)4/h5-15,17-18,25,30H,16H2,1-4H3. The summed E-state index contributed by atoms with van der Waals surface area (Å²) < 4.78 is 39.6. The summed E-state index contributed by atoms with van der Waals surface area (Å²) in [4.78, 5) is 25.6. The number of hydrogen-bond acceptors (Lipinski definition) is 6. The highest BCUT2D eigenvalue weighted by molar-refractivity contribution is 7.89. The normalized spacial score (nSPS) is 12.6. The van der Waals surface area contributed by atoms with Gasteiger partial charge in [0.25, 0.3) is 0 Å². The van der Waals surface area contributed by atoms with Gasteiger partial charge >= 0.3 is 11.6 Å². The zero-order valence-corrected chi connectivity index (χ0v) is 22.0. The first kappa shape index (κ1) is 26.3. The van der Waals surface area contributed by atoms with Crippen LogP contribution in [0.3, 0.4) is 0 Å². The highest BCUT2D eigenvalue weighted by atomic mass is 32.2. The highest BCUT2D eigenvalue weighted by Gasteiger charge is 2.29. The van der Waals surface area contributed by atoms with Gasteiger partial charge in [0, 0.05) is 17.0 Å². The third-order valence-electron chi connectivity index (χ3n) is 6.03. The summed E-state index contributed by atoms with van der Waals surface area (Å²) in [5.41, 5.74) is 2.72. The van der Waals surface area contributed by atoms with Crippen LogP contribution in [0.4, 0.5) is 0 Å². The van der Waals surface area contributed by atoms with E-state index in [0.29, 0.717) is 22.1 Å². The number of nitrogens with one attached hydrogen (secondary N) is 1. The first-order valence-corrected chi connectivity index (χ1v) is 13.5. The molecule has 7 nitrogen and oxygen atoms in total. The smallest absolute Gasteiger partial charge is 0.336 e. The van der Waals surface area contributed by atoms with Gasteiger partial charge in [-0.3, -0.25) is 0 Å². The fourth-order valence-electron chi connectivity index (χ4n) is 4.13. The molecule has 0 radical (unpaired) electrons. The molecule has 0 bridgehead atoms. The van der Waals surface area contributed by atoms with Gasteiger partial charge < -0.3 is 9.15 Å². The molecule has 1 aromatic heterocycles. The molecule has 1 unspecified atom stereocenters. The quantitative estimate of drug-likeness (QED) is 0.191. The minimum Gasteiger partial charge on any atom is -0.425 e. The number of benzene rings is 3. The molecule has 0 saturated heterocycles. The van der Waals surface area contributed by atoms with Crippen LogP contribution in [0.1, 0.15) is 31.4 Å². The molecule has 0 amide bonds. The van der Waals surface area contributed by atoms with E-state index in [-0.39, 0.29) is 23.0 Å². The molecule has 0 spiro atoms. The van der Waals surface area contributed by atoms with E-state index in [4.69, 9.17) is 9.15 Å². The van der Waals surface area contributed by atoms with Crippen LogP contribution >= 0.6 is 0 Å². The molecule has 3 aromatic carbocycles. The van der Waals surface area contributed by atoms with E-state index in [1.54, 1.807) is 31.2 Å². The van der Waals surface area contributed by atoms with E-state index < -0.39 is 27.7 Å². The zero-order valence-electron chi connectivity index (χ0n) is 21.1. The summed E-state index contributed by atoms with van der Waals surface area (Å²) in [5, 5.41) is 0.696. The number of ether oxygens (including phenoxy) is 1. The number of esters is 1. The monoisotopic (exact) mass is 519 g/mol. The van der Waals surface area contributed by atoms with Crippen LogP contribution in [0.15, 0.2) is 86.9 Å². The predicted octanol–water partition coefficient (Wildman–Crippen LogP) is 5.38. The Morgan fingerprint density at radius 1 is 0.973 bits per heavy atom. The molecule has 1 heterocycles. The van der Waals surface area contributed by atoms with Crippen molar-refractivity contribution >= 4 is 27.0 Å². The SMILES string of the molecule is Cc1ccc(S(=O)(=O)NC(CC(C)C)C(=O)Oc2ccc3c(-c4ccccc4)cc(=O)oc3c2C)cc1. The third kappa shape index (κ3) is 5.98. The van der Waals surface area contributed by atoms with Gasteiger partial charge in [-0.15, -0.1) is 0 Å². The Balaban J connectivity index is 1.66. The van der Waals surface area contributed by atoms with Gasteiger partial charge in [0.1, 0.15) is 17.4 Å². The topological polar surface area (TPSA) is 103 Å². The Bertz CT molecular complexity index is 1590. The number of aryl methyl sites for hydroxylation is 2. The zero-order chi connectivity index (χ0) is 26.7. The van der Waals surface area contributed by atoms with Gasteiger partial charge in [0.05, 0.1) is 4.90 Å². The first-order chi connectivity index (χ1) is 17.5. The summed E-state index contributed by atoms with van der Waals surface area (Å²) in [5.74, 6) is -0.537. The molecule has 0 aliphatic rings. The van der Waals surface area contributed by atoms with Crippen LogP contribution in [0.25, 0.3) is 22.1 Å². The summed E-state index contributed by atoms with van der Waals surface area (Å²) in [7, 11) is -3.96. The van der Waals surface area contributed by atoms with E-state index in [2.05, 4.69) is 4.72 Å². The Morgan fingerprint density at radius 2 is 1.65 bits per heavy atom. The van der Waals surface area contributed by atoms with Crippen LogP contribution in [0.5, 0.6) is 5.75 Å². The molecule has 0 saturated carbocycles. The lowest BCUT2D eigenvalue weighted by Crippen LogP contribution is -2.43. The third-order valence-corrected chi connectivity index (χ3v) is 7.51. The molecule has 8 heteroatoms. The number of carbonyl (C=O) groups is 1. The fraction of sp³-hybridized carbons (Fsp3) is 0.241. The maximum absolute atomic E-state index is 13.2. The van der Waals surface area contributed by atoms with Crippen molar-refractivity contribution in [3.8, 4) is 16.9 Å². The highest BCUT2D eigenvalue weighted by Crippen LogP contribution is 2.33. The maximum Gasteiger partial charge on any atom is 0.336 e. The lowest BCUT2D eigenvalue weighted by Gasteiger charge is -2.20. The Labute approximate surface area is 216 Å². The van der Waals surface area contributed by atoms with Crippen molar-refractivity contribution in [2.45, 2.75) is 45.1 Å². The molecule has 4 aromatic rings. The van der Waals surface area contributed by atoms with Crippen molar-refractivity contribution in [2.75, 3.05) is 0 Å². The maximum atomic E-state index is 13.2. The summed E-state index contributed by atoms with van der Waals surface area (Å²) in [6.45, 7) is 7.33. The van der Waals surface area contributed by atoms with Gasteiger partial charge in [-0.25, -0.2) is 18.0 Å². The van der Waals surface area contributed by atoms with Crippen molar-refractivity contribution in [2.24, 2.45) is 5.92 Å². The number of sulfonamides is 1. The molecule has 0 aliphatic carbocycles. The molecule has 0 aliphatic heterocycles. The Kier molecular flexibility index (Phi) is 7.61. The van der Waals surface area contributed by atoms with Crippen molar-refractivity contribution in [3.05, 3.63) is 94.3 Å². The molecule has 1 N–H and O–H groups in total.